The molecule has 3 fully saturated rings. The smallest absolute Gasteiger partial charge is 0.155 e. The van der Waals surface area contributed by atoms with Crippen molar-refractivity contribution in [3.05, 3.63) is 24.3 Å². The second-order valence-electron chi connectivity index (χ2n) is 11.4. The van der Waals surface area contributed by atoms with Gasteiger partial charge in [0.05, 0.1) is 0 Å². The van der Waals surface area contributed by atoms with Crippen molar-refractivity contribution in [2.75, 3.05) is 0 Å². The van der Waals surface area contributed by atoms with Crippen molar-refractivity contribution >= 4 is 11.6 Å². The molecular weight excluding hydrogens is 356 g/mol. The van der Waals surface area contributed by atoms with Crippen LogP contribution in [-0.2, 0) is 9.59 Å². The number of allylic oxidation sites excluding steroid dienone is 2. The first-order valence-electron chi connectivity index (χ1n) is 12.1. The second-order valence-corrected chi connectivity index (χ2v) is 11.4. The van der Waals surface area contributed by atoms with Gasteiger partial charge in [-0.1, -0.05) is 39.3 Å². The van der Waals surface area contributed by atoms with Crippen molar-refractivity contribution in [2.45, 2.75) is 85.5 Å². The SMILES string of the molecule is C=C[C@@H](C)CC(=O)[C@@H](C)C1CC[C@H]2[C@@H]3CCC4=CC(=O)CC[C@]4(C)[C@H]3CC[C@]12C. The highest BCUT2D eigenvalue weighted by atomic mass is 16.1. The summed E-state index contributed by atoms with van der Waals surface area (Å²) < 4.78 is 0. The van der Waals surface area contributed by atoms with Crippen LogP contribution in [0.4, 0.5) is 0 Å². The van der Waals surface area contributed by atoms with Crippen LogP contribution in [0.3, 0.4) is 0 Å². The van der Waals surface area contributed by atoms with Crippen LogP contribution in [0.5, 0.6) is 0 Å². The van der Waals surface area contributed by atoms with Crippen LogP contribution in [0.15, 0.2) is 24.3 Å². The van der Waals surface area contributed by atoms with Gasteiger partial charge in [-0.05, 0) is 91.4 Å². The minimum absolute atomic E-state index is 0.172. The average molecular weight is 397 g/mol. The maximum Gasteiger partial charge on any atom is 0.155 e. The van der Waals surface area contributed by atoms with Crippen molar-refractivity contribution in [1.29, 1.82) is 0 Å². The first kappa shape index (κ1) is 21.1. The maximum atomic E-state index is 13.0. The zero-order valence-electron chi connectivity index (χ0n) is 19.0. The summed E-state index contributed by atoms with van der Waals surface area (Å²) in [4.78, 5) is 25.0. The molecule has 4 rings (SSSR count). The maximum absolute atomic E-state index is 13.0. The Hall–Kier alpha value is -1.18. The summed E-state index contributed by atoms with van der Waals surface area (Å²) >= 11 is 0. The Labute approximate surface area is 177 Å². The van der Waals surface area contributed by atoms with Crippen LogP contribution in [0.1, 0.15) is 85.5 Å². The molecule has 0 spiro atoms. The van der Waals surface area contributed by atoms with Gasteiger partial charge < -0.3 is 0 Å². The lowest BCUT2D eigenvalue weighted by Gasteiger charge is -2.58. The van der Waals surface area contributed by atoms with Crippen LogP contribution in [0.25, 0.3) is 0 Å². The number of Topliss-reactive ketones (excluding diaryl/α,β-unsaturated/α-hetero) is 1. The van der Waals surface area contributed by atoms with Gasteiger partial charge in [-0.15, -0.1) is 6.58 Å². The number of rotatable bonds is 5. The molecule has 0 aliphatic heterocycles. The minimum atomic E-state index is 0.172. The van der Waals surface area contributed by atoms with E-state index in [9.17, 15) is 9.59 Å². The third-order valence-corrected chi connectivity index (χ3v) is 10.1. The molecule has 0 aromatic heterocycles. The molecule has 29 heavy (non-hydrogen) atoms. The third kappa shape index (κ3) is 3.29. The number of ketones is 2. The number of hydrogen-bond acceptors (Lipinski definition) is 2. The Morgan fingerprint density at radius 3 is 2.62 bits per heavy atom. The average Bonchev–Trinajstić information content (AvgIpc) is 3.04. The van der Waals surface area contributed by atoms with Gasteiger partial charge in [-0.2, -0.15) is 0 Å². The molecule has 2 nitrogen and oxygen atoms in total. The lowest BCUT2D eigenvalue weighted by molar-refractivity contribution is -0.128. The summed E-state index contributed by atoms with van der Waals surface area (Å²) in [5, 5.41) is 0. The molecule has 0 saturated heterocycles. The van der Waals surface area contributed by atoms with Crippen LogP contribution in [0.2, 0.25) is 0 Å². The highest BCUT2D eigenvalue weighted by molar-refractivity contribution is 5.91. The molecule has 0 aromatic rings. The Kier molecular flexibility index (Phi) is 5.45. The molecule has 1 unspecified atom stereocenters. The standard InChI is InChI=1S/C27H40O2/c1-6-17(2)15-25(29)18(3)22-9-10-23-21-8-7-19-16-20(28)11-13-26(19,4)24(21)12-14-27(22,23)5/h6,16-18,21-24H,1,7-15H2,2-5H3/t17-,18+,21+,22?,23+,24+,26+,27-/m1/s1. The van der Waals surface area contributed by atoms with Crippen LogP contribution >= 0.6 is 0 Å². The van der Waals surface area contributed by atoms with Crippen LogP contribution in [0, 0.1) is 46.3 Å². The van der Waals surface area contributed by atoms with E-state index < -0.39 is 0 Å². The fraction of sp³-hybridized carbons (Fsp3) is 0.778. The van der Waals surface area contributed by atoms with Gasteiger partial charge in [0.25, 0.3) is 0 Å². The second kappa shape index (κ2) is 7.50. The van der Waals surface area contributed by atoms with Gasteiger partial charge in [-0.3, -0.25) is 9.59 Å². The van der Waals surface area contributed by atoms with Crippen molar-refractivity contribution in [2.24, 2.45) is 46.3 Å². The summed E-state index contributed by atoms with van der Waals surface area (Å²) in [6.07, 6.45) is 13.8. The molecule has 4 aliphatic rings. The lowest BCUT2D eigenvalue weighted by Crippen LogP contribution is -2.51. The number of hydrogen-bond donors (Lipinski definition) is 0. The summed E-state index contributed by atoms with van der Waals surface area (Å²) in [6.45, 7) is 13.1. The fourth-order valence-corrected chi connectivity index (χ4v) is 8.23. The highest BCUT2D eigenvalue weighted by Crippen LogP contribution is 2.67. The Balaban J connectivity index is 1.54. The van der Waals surface area contributed by atoms with E-state index in [0.29, 0.717) is 29.3 Å². The van der Waals surface area contributed by atoms with E-state index in [-0.39, 0.29) is 17.3 Å². The summed E-state index contributed by atoms with van der Waals surface area (Å²) in [6, 6.07) is 0. The van der Waals surface area contributed by atoms with E-state index in [4.69, 9.17) is 0 Å². The molecule has 4 aliphatic carbocycles. The highest BCUT2D eigenvalue weighted by Gasteiger charge is 2.59. The topological polar surface area (TPSA) is 34.1 Å². The van der Waals surface area contributed by atoms with Crippen molar-refractivity contribution < 1.29 is 9.59 Å². The van der Waals surface area contributed by atoms with Gasteiger partial charge in [0.2, 0.25) is 0 Å². The largest absolute Gasteiger partial charge is 0.299 e. The van der Waals surface area contributed by atoms with Crippen LogP contribution in [-0.4, -0.2) is 11.6 Å². The molecule has 0 aromatic carbocycles. The predicted molar refractivity (Wildman–Crippen MR) is 118 cm³/mol. The van der Waals surface area contributed by atoms with E-state index >= 15 is 0 Å². The summed E-state index contributed by atoms with van der Waals surface area (Å²) in [7, 11) is 0. The Bertz CT molecular complexity index is 733. The van der Waals surface area contributed by atoms with E-state index in [1.54, 1.807) is 0 Å². The molecule has 8 atom stereocenters. The molecule has 0 heterocycles. The molecule has 0 N–H and O–H groups in total. The number of fused-ring (bicyclic) bond motifs is 5. The lowest BCUT2D eigenvalue weighted by atomic mass is 9.46. The Morgan fingerprint density at radius 2 is 1.90 bits per heavy atom. The minimum Gasteiger partial charge on any atom is -0.299 e. The summed E-state index contributed by atoms with van der Waals surface area (Å²) in [5.74, 6) is 4.05. The monoisotopic (exact) mass is 396 g/mol. The number of carbonyl (C=O) groups excluding carboxylic acids is 2. The van der Waals surface area contributed by atoms with Gasteiger partial charge in [0.1, 0.15) is 5.78 Å². The van der Waals surface area contributed by atoms with Crippen LogP contribution < -0.4 is 0 Å². The normalized spacial score (nSPS) is 43.4. The molecule has 2 heteroatoms. The molecule has 0 amide bonds. The third-order valence-electron chi connectivity index (χ3n) is 10.1. The first-order chi connectivity index (χ1) is 13.7. The van der Waals surface area contributed by atoms with E-state index in [2.05, 4.69) is 34.3 Å². The number of carbonyl (C=O) groups is 2. The zero-order valence-corrected chi connectivity index (χ0v) is 19.0. The van der Waals surface area contributed by atoms with E-state index in [1.807, 2.05) is 12.2 Å². The molecule has 3 saturated carbocycles. The van der Waals surface area contributed by atoms with Gasteiger partial charge >= 0.3 is 0 Å². The zero-order chi connectivity index (χ0) is 21.0. The molecule has 160 valence electrons. The molecule has 0 radical (unpaired) electrons. The predicted octanol–water partition coefficient (Wildman–Crippen LogP) is 6.55. The van der Waals surface area contributed by atoms with Crippen molar-refractivity contribution in [3.8, 4) is 0 Å². The quantitative estimate of drug-likeness (QED) is 0.494. The summed E-state index contributed by atoms with van der Waals surface area (Å²) in [5.41, 5.74) is 2.02. The molecule has 0 bridgehead atoms. The van der Waals surface area contributed by atoms with E-state index in [1.165, 1.54) is 37.7 Å². The van der Waals surface area contributed by atoms with Crippen molar-refractivity contribution in [3.63, 3.8) is 0 Å². The molecular formula is C27H40O2. The first-order valence-corrected chi connectivity index (χ1v) is 12.1. The van der Waals surface area contributed by atoms with Crippen molar-refractivity contribution in [1.82, 2.24) is 0 Å². The fourth-order valence-electron chi connectivity index (χ4n) is 8.23. The van der Waals surface area contributed by atoms with E-state index in [0.717, 1.165) is 37.0 Å². The van der Waals surface area contributed by atoms with Gasteiger partial charge in [0, 0.05) is 18.8 Å². The van der Waals surface area contributed by atoms with Gasteiger partial charge in [-0.25, -0.2) is 0 Å². The Morgan fingerprint density at radius 1 is 1.14 bits per heavy atom. The van der Waals surface area contributed by atoms with Gasteiger partial charge in [0.15, 0.2) is 5.78 Å².